The quantitative estimate of drug-likeness (QED) is 0.304. The standard InChI is InChI=1S/4Nb.3H2O.6O/h;;;;3*1H2;;;;;;/q;3*+1;;;;;;;;;/p-3. The van der Waals surface area contributed by atoms with Crippen molar-refractivity contribution in [2.24, 2.45) is 0 Å². The van der Waals surface area contributed by atoms with E-state index < -0.39 is 54.9 Å². The van der Waals surface area contributed by atoms with Gasteiger partial charge in [0, 0.05) is 22.4 Å². The molecule has 13 heteroatoms. The first-order valence-corrected chi connectivity index (χ1v) is 13.3. The number of hydrogen-bond donors (Lipinski definition) is 3. The van der Waals surface area contributed by atoms with Crippen LogP contribution in [0.2, 0.25) is 0 Å². The Hall–Kier alpha value is 2.12. The minimum absolute atomic E-state index is 0. The van der Waals surface area contributed by atoms with Crippen molar-refractivity contribution in [3.63, 3.8) is 0 Å². The molecule has 0 aliphatic carbocycles. The molecule has 1 aliphatic heterocycles. The number of hydrogen-bond acceptors (Lipinski definition) is 6. The van der Waals surface area contributed by atoms with Gasteiger partial charge in [-0.15, -0.1) is 0 Å². The van der Waals surface area contributed by atoms with Crippen LogP contribution in [0.3, 0.4) is 0 Å². The Morgan fingerprint density at radius 2 is 0.846 bits per heavy atom. The SMILES string of the molecule is [Nb].[O]=[Nb]1([OH])[O][Nb](=[O])([OH])[O][Nb](=[O])([OH])[O]1. The molecule has 0 aromatic heterocycles. The van der Waals surface area contributed by atoms with Crippen LogP contribution in [0.15, 0.2) is 0 Å². The van der Waals surface area contributed by atoms with Crippen LogP contribution in [0.25, 0.3) is 0 Å². The summed E-state index contributed by atoms with van der Waals surface area (Å²) in [6.45, 7) is 0. The van der Waals surface area contributed by atoms with Gasteiger partial charge in [-0.25, -0.2) is 0 Å². The summed E-state index contributed by atoms with van der Waals surface area (Å²) in [4.78, 5) is 0. The molecule has 1 heterocycles. The fourth-order valence-electron chi connectivity index (χ4n) is 0.436. The van der Waals surface area contributed by atoms with E-state index in [0.717, 1.165) is 0 Å². The Balaban J connectivity index is 0.00000144. The maximum absolute atomic E-state index is 10.6. The van der Waals surface area contributed by atoms with Gasteiger partial charge in [0.15, 0.2) is 0 Å². The predicted molar refractivity (Wildman–Crippen MR) is 12.0 cm³/mol. The second kappa shape index (κ2) is 4.55. The van der Waals surface area contributed by atoms with Gasteiger partial charge in [-0.3, -0.25) is 0 Å². The molecular formula is H3Nb4O9. The van der Waals surface area contributed by atoms with Crippen molar-refractivity contribution in [3.05, 3.63) is 0 Å². The fraction of sp³-hybridized carbons (Fsp3) is 0. The van der Waals surface area contributed by atoms with Crippen LogP contribution in [0, 0.1) is 0 Å². The monoisotopic (exact) mass is 519 g/mol. The second-order valence-corrected chi connectivity index (χ2v) is 16.9. The van der Waals surface area contributed by atoms with Gasteiger partial charge in [0.2, 0.25) is 0 Å². The molecule has 77 valence electrons. The molecule has 1 saturated heterocycles. The zero-order chi connectivity index (χ0) is 9.62. The Morgan fingerprint density at radius 1 is 0.692 bits per heavy atom. The average Bonchev–Trinajstić information content (AvgIpc) is 1.44. The summed E-state index contributed by atoms with van der Waals surface area (Å²) in [5.74, 6) is 0. The fourth-order valence-corrected chi connectivity index (χ4v) is 23.0. The normalized spacial score (nSPS) is 51.0. The third-order valence-corrected chi connectivity index (χ3v) is 21.7. The van der Waals surface area contributed by atoms with Crippen LogP contribution < -0.4 is 0 Å². The Kier molecular flexibility index (Phi) is 5.29. The second-order valence-electron chi connectivity index (χ2n) is 1.65. The molecule has 0 unspecified atom stereocenters. The zero-order valence-electron chi connectivity index (χ0n) is 5.58. The first-order chi connectivity index (χ1) is 5.12. The maximum atomic E-state index is 10.6. The van der Waals surface area contributed by atoms with Crippen molar-refractivity contribution < 1.29 is 103 Å². The van der Waals surface area contributed by atoms with Crippen molar-refractivity contribution in [1.29, 1.82) is 0 Å². The van der Waals surface area contributed by atoms with Gasteiger partial charge >= 0.3 is 80.7 Å². The molecule has 3 N–H and O–H groups in total. The van der Waals surface area contributed by atoms with Gasteiger partial charge in [0.05, 0.1) is 0 Å². The third kappa shape index (κ3) is 5.12. The summed E-state index contributed by atoms with van der Waals surface area (Å²) in [7, 11) is 0. The van der Waals surface area contributed by atoms with Crippen LogP contribution in [-0.4, -0.2) is 10.8 Å². The van der Waals surface area contributed by atoms with Gasteiger partial charge in [-0.05, 0) is 0 Å². The van der Waals surface area contributed by atoms with Crippen LogP contribution in [0.1, 0.15) is 0 Å². The van der Waals surface area contributed by atoms with Crippen molar-refractivity contribution >= 4 is 0 Å². The predicted octanol–water partition coefficient (Wildman–Crippen LogP) is -2.24. The van der Waals surface area contributed by atoms with Gasteiger partial charge in [-0.1, -0.05) is 0 Å². The van der Waals surface area contributed by atoms with E-state index in [4.69, 9.17) is 10.8 Å². The van der Waals surface area contributed by atoms with E-state index in [1.807, 2.05) is 0 Å². The summed E-state index contributed by atoms with van der Waals surface area (Å²) in [6.07, 6.45) is 0. The van der Waals surface area contributed by atoms with E-state index in [9.17, 15) is 9.75 Å². The third-order valence-electron chi connectivity index (χ3n) is 0.619. The van der Waals surface area contributed by atoms with Crippen molar-refractivity contribution in [3.8, 4) is 0 Å². The first-order valence-electron chi connectivity index (χ1n) is 2.24. The van der Waals surface area contributed by atoms with Crippen molar-refractivity contribution in [2.75, 3.05) is 0 Å². The average molecular weight is 519 g/mol. The van der Waals surface area contributed by atoms with Crippen LogP contribution in [0.4, 0.5) is 0 Å². The summed E-state index contributed by atoms with van der Waals surface area (Å²) in [5.41, 5.74) is 0. The van der Waals surface area contributed by atoms with Gasteiger partial charge in [0.1, 0.15) is 0 Å². The molecule has 0 aromatic carbocycles. The van der Waals surface area contributed by atoms with Gasteiger partial charge in [-0.2, -0.15) is 0 Å². The van der Waals surface area contributed by atoms with E-state index in [0.29, 0.717) is 0 Å². The summed E-state index contributed by atoms with van der Waals surface area (Å²) in [6, 6.07) is 0. The Bertz CT molecular complexity index is 256. The molecule has 0 saturated carbocycles. The Morgan fingerprint density at radius 3 is 1.00 bits per heavy atom. The van der Waals surface area contributed by atoms with Crippen LogP contribution >= 0.6 is 0 Å². The number of rotatable bonds is 0. The van der Waals surface area contributed by atoms with E-state index in [2.05, 4.69) is 5.26 Å². The van der Waals surface area contributed by atoms with E-state index in [-0.39, 0.29) is 22.4 Å². The van der Waals surface area contributed by atoms with E-state index in [1.54, 1.807) is 0 Å². The molecule has 0 atom stereocenters. The molecule has 0 bridgehead atoms. The van der Waals surface area contributed by atoms with Gasteiger partial charge in [0.25, 0.3) is 0 Å². The van der Waals surface area contributed by atoms with Crippen LogP contribution in [0.5, 0.6) is 0 Å². The summed E-state index contributed by atoms with van der Waals surface area (Å²) in [5, 5.41) is 0. The molecule has 1 fully saturated rings. The van der Waals surface area contributed by atoms with Crippen molar-refractivity contribution in [1.82, 2.24) is 0 Å². The molecule has 1 radical (unpaired) electrons. The summed E-state index contributed by atoms with van der Waals surface area (Å²) >= 11 is -17.4. The molecular weight excluding hydrogens is 516 g/mol. The molecule has 1 rings (SSSR count). The zero-order valence-corrected chi connectivity index (χ0v) is 14.4. The molecule has 1 aliphatic rings. The van der Waals surface area contributed by atoms with E-state index in [1.165, 1.54) is 0 Å². The van der Waals surface area contributed by atoms with E-state index >= 15 is 0 Å². The first kappa shape index (κ1) is 15.1. The summed E-state index contributed by atoms with van der Waals surface area (Å²) < 4.78 is 68.3. The topological polar surface area (TPSA) is 140 Å². The Labute approximate surface area is 102 Å². The molecule has 13 heavy (non-hydrogen) atoms. The van der Waals surface area contributed by atoms with Crippen molar-refractivity contribution in [2.45, 2.75) is 0 Å². The van der Waals surface area contributed by atoms with Crippen LogP contribution in [-0.2, 0) is 92.3 Å². The van der Waals surface area contributed by atoms with Gasteiger partial charge < -0.3 is 0 Å². The molecule has 0 aromatic rings. The minimum atomic E-state index is -5.80. The molecule has 9 nitrogen and oxygen atoms in total. The molecule has 0 spiro atoms. The molecule has 0 amide bonds.